The van der Waals surface area contributed by atoms with Crippen molar-refractivity contribution in [1.82, 2.24) is 5.32 Å². The molecule has 78 valence electrons. The van der Waals surface area contributed by atoms with Gasteiger partial charge < -0.3 is 5.32 Å². The van der Waals surface area contributed by atoms with Crippen molar-refractivity contribution in [3.05, 3.63) is 34.3 Å². The van der Waals surface area contributed by atoms with Gasteiger partial charge in [-0.2, -0.15) is 5.26 Å². The Kier molecular flexibility index (Phi) is 3.70. The lowest BCUT2D eigenvalue weighted by Crippen LogP contribution is -2.31. The summed E-state index contributed by atoms with van der Waals surface area (Å²) in [5, 5.41) is 11.5. The number of nitrogens with one attached hydrogen (secondary N) is 1. The van der Waals surface area contributed by atoms with Crippen LogP contribution in [0.3, 0.4) is 0 Å². The van der Waals surface area contributed by atoms with E-state index < -0.39 is 6.04 Å². The van der Waals surface area contributed by atoms with Crippen molar-refractivity contribution in [1.29, 1.82) is 5.26 Å². The molecule has 1 amide bonds. The molecule has 4 heteroatoms. The topological polar surface area (TPSA) is 52.9 Å². The van der Waals surface area contributed by atoms with Gasteiger partial charge in [-0.1, -0.05) is 23.7 Å². The van der Waals surface area contributed by atoms with Gasteiger partial charge in [0.15, 0.2) is 0 Å². The predicted molar refractivity (Wildman–Crippen MR) is 58.7 cm³/mol. The van der Waals surface area contributed by atoms with Gasteiger partial charge >= 0.3 is 0 Å². The third kappa shape index (κ3) is 2.71. The van der Waals surface area contributed by atoms with Gasteiger partial charge in [-0.05, 0) is 25.5 Å². The second-order valence-electron chi connectivity index (χ2n) is 3.26. The third-order valence-corrected chi connectivity index (χ3v) is 2.48. The summed E-state index contributed by atoms with van der Waals surface area (Å²) in [5.41, 5.74) is 1.24. The largest absolute Gasteiger partial charge is 0.336 e. The van der Waals surface area contributed by atoms with Gasteiger partial charge in [-0.25, -0.2) is 0 Å². The Labute approximate surface area is 93.7 Å². The molecule has 0 bridgehead atoms. The van der Waals surface area contributed by atoms with E-state index >= 15 is 0 Å². The second kappa shape index (κ2) is 4.81. The van der Waals surface area contributed by atoms with Gasteiger partial charge in [-0.15, -0.1) is 0 Å². The molecule has 0 aliphatic heterocycles. The molecule has 1 N–H and O–H groups in total. The minimum atomic E-state index is -0.519. The summed E-state index contributed by atoms with van der Waals surface area (Å²) >= 11 is 5.97. The minimum absolute atomic E-state index is 0.322. The first-order valence-electron chi connectivity index (χ1n) is 4.52. The average molecular weight is 223 g/mol. The molecule has 0 aromatic heterocycles. The fraction of sp³-hybridized carbons (Fsp3) is 0.273. The zero-order valence-corrected chi connectivity index (χ0v) is 9.30. The number of benzene rings is 1. The quantitative estimate of drug-likeness (QED) is 0.835. The maximum Gasteiger partial charge on any atom is 0.253 e. The van der Waals surface area contributed by atoms with Crippen molar-refractivity contribution in [2.45, 2.75) is 19.9 Å². The predicted octanol–water partition coefficient (Wildman–Crippen LogP) is 2.29. The summed E-state index contributed by atoms with van der Waals surface area (Å²) in [6.45, 7) is 3.44. The first-order valence-corrected chi connectivity index (χ1v) is 4.89. The SMILES string of the molecule is Cc1cccc(C(=O)NC(C)C#N)c1Cl. The zero-order valence-electron chi connectivity index (χ0n) is 8.54. The highest BCUT2D eigenvalue weighted by Crippen LogP contribution is 2.19. The van der Waals surface area contributed by atoms with E-state index in [4.69, 9.17) is 16.9 Å². The van der Waals surface area contributed by atoms with E-state index in [9.17, 15) is 4.79 Å². The van der Waals surface area contributed by atoms with Crippen LogP contribution in [-0.4, -0.2) is 11.9 Å². The Morgan fingerprint density at radius 2 is 2.27 bits per heavy atom. The molecule has 0 aliphatic rings. The number of carbonyl (C=O) groups is 1. The average Bonchev–Trinajstić information content (AvgIpc) is 2.21. The number of nitrogens with zero attached hydrogens (tertiary/aromatic N) is 1. The first-order chi connectivity index (χ1) is 7.06. The van der Waals surface area contributed by atoms with Crippen LogP contribution in [0.4, 0.5) is 0 Å². The van der Waals surface area contributed by atoms with Crippen molar-refractivity contribution >= 4 is 17.5 Å². The first kappa shape index (κ1) is 11.5. The molecule has 3 nitrogen and oxygen atoms in total. The Morgan fingerprint density at radius 3 is 2.87 bits per heavy atom. The summed E-state index contributed by atoms with van der Waals surface area (Å²) in [6, 6.07) is 6.62. The third-order valence-electron chi connectivity index (χ3n) is 1.98. The molecule has 1 aromatic carbocycles. The minimum Gasteiger partial charge on any atom is -0.336 e. The van der Waals surface area contributed by atoms with E-state index in [1.54, 1.807) is 19.1 Å². The molecule has 0 radical (unpaired) electrons. The molecule has 1 aromatic rings. The van der Waals surface area contributed by atoms with E-state index in [1.807, 2.05) is 19.1 Å². The molecule has 1 unspecified atom stereocenters. The fourth-order valence-corrected chi connectivity index (χ4v) is 1.34. The zero-order chi connectivity index (χ0) is 11.4. The number of carbonyl (C=O) groups excluding carboxylic acids is 1. The molecule has 0 saturated carbocycles. The molecule has 0 spiro atoms. The molecule has 1 rings (SSSR count). The number of rotatable bonds is 2. The maximum absolute atomic E-state index is 11.6. The van der Waals surface area contributed by atoms with E-state index in [0.717, 1.165) is 5.56 Å². The van der Waals surface area contributed by atoms with Crippen LogP contribution in [0.1, 0.15) is 22.8 Å². The van der Waals surface area contributed by atoms with Crippen molar-refractivity contribution in [2.24, 2.45) is 0 Å². The number of aryl methyl sites for hydroxylation is 1. The number of hydrogen-bond acceptors (Lipinski definition) is 2. The molecule has 0 fully saturated rings. The van der Waals surface area contributed by atoms with Crippen LogP contribution >= 0.6 is 11.6 Å². The Balaban J connectivity index is 2.93. The normalized spacial score (nSPS) is 11.6. The van der Waals surface area contributed by atoms with Crippen LogP contribution in [0.2, 0.25) is 5.02 Å². The second-order valence-corrected chi connectivity index (χ2v) is 3.64. The van der Waals surface area contributed by atoms with Crippen LogP contribution in [0.15, 0.2) is 18.2 Å². The Morgan fingerprint density at radius 1 is 1.60 bits per heavy atom. The molecule has 0 aliphatic carbocycles. The highest BCUT2D eigenvalue weighted by atomic mass is 35.5. The number of nitriles is 1. The maximum atomic E-state index is 11.6. The summed E-state index contributed by atoms with van der Waals surface area (Å²) in [6.07, 6.45) is 0. The number of hydrogen-bond donors (Lipinski definition) is 1. The summed E-state index contributed by atoms with van der Waals surface area (Å²) < 4.78 is 0. The molecular formula is C11H11ClN2O. The van der Waals surface area contributed by atoms with Crippen molar-refractivity contribution < 1.29 is 4.79 Å². The summed E-state index contributed by atoms with van der Waals surface area (Å²) in [7, 11) is 0. The van der Waals surface area contributed by atoms with E-state index in [0.29, 0.717) is 10.6 Å². The summed E-state index contributed by atoms with van der Waals surface area (Å²) in [5.74, 6) is -0.322. The van der Waals surface area contributed by atoms with E-state index in [1.165, 1.54) is 0 Å². The lowest BCUT2D eigenvalue weighted by atomic mass is 10.1. The lowest BCUT2D eigenvalue weighted by Gasteiger charge is -2.08. The van der Waals surface area contributed by atoms with Gasteiger partial charge in [0, 0.05) is 0 Å². The Bertz CT molecular complexity index is 423. The smallest absolute Gasteiger partial charge is 0.253 e. The van der Waals surface area contributed by atoms with Crippen molar-refractivity contribution in [3.8, 4) is 6.07 Å². The molecule has 15 heavy (non-hydrogen) atoms. The Hall–Kier alpha value is -1.53. The van der Waals surface area contributed by atoms with Crippen LogP contribution in [0.25, 0.3) is 0 Å². The fourth-order valence-electron chi connectivity index (χ4n) is 1.13. The van der Waals surface area contributed by atoms with Crippen LogP contribution in [0, 0.1) is 18.3 Å². The van der Waals surface area contributed by atoms with Gasteiger partial charge in [0.1, 0.15) is 6.04 Å². The molecule has 0 heterocycles. The van der Waals surface area contributed by atoms with Crippen LogP contribution < -0.4 is 5.32 Å². The molecule has 0 saturated heterocycles. The van der Waals surface area contributed by atoms with Crippen LogP contribution in [-0.2, 0) is 0 Å². The monoisotopic (exact) mass is 222 g/mol. The van der Waals surface area contributed by atoms with Crippen molar-refractivity contribution in [2.75, 3.05) is 0 Å². The number of halogens is 1. The number of amides is 1. The highest BCUT2D eigenvalue weighted by molar-refractivity contribution is 6.34. The van der Waals surface area contributed by atoms with Gasteiger partial charge in [-0.3, -0.25) is 4.79 Å². The van der Waals surface area contributed by atoms with Crippen LogP contribution in [0.5, 0.6) is 0 Å². The summed E-state index contributed by atoms with van der Waals surface area (Å²) in [4.78, 5) is 11.6. The van der Waals surface area contributed by atoms with Gasteiger partial charge in [0.25, 0.3) is 5.91 Å². The van der Waals surface area contributed by atoms with Gasteiger partial charge in [0.2, 0.25) is 0 Å². The standard InChI is InChI=1S/C11H11ClN2O/c1-7-4-3-5-9(10(7)12)11(15)14-8(2)6-13/h3-5,8H,1-2H3,(H,14,15). The highest BCUT2D eigenvalue weighted by Gasteiger charge is 2.13. The molecular weight excluding hydrogens is 212 g/mol. The lowest BCUT2D eigenvalue weighted by molar-refractivity contribution is 0.0948. The van der Waals surface area contributed by atoms with E-state index in [2.05, 4.69) is 5.32 Å². The van der Waals surface area contributed by atoms with Crippen molar-refractivity contribution in [3.63, 3.8) is 0 Å². The molecule has 1 atom stereocenters. The van der Waals surface area contributed by atoms with Gasteiger partial charge in [0.05, 0.1) is 16.7 Å². The van der Waals surface area contributed by atoms with E-state index in [-0.39, 0.29) is 5.91 Å².